The first-order valence-electron chi connectivity index (χ1n) is 7.03. The largest absolute Gasteiger partial charge is 0.445 e. The molecule has 0 spiro atoms. The van der Waals surface area contributed by atoms with Crippen LogP contribution in [0.25, 0.3) is 0 Å². The van der Waals surface area contributed by atoms with E-state index in [0.29, 0.717) is 15.6 Å². The number of benzene rings is 2. The summed E-state index contributed by atoms with van der Waals surface area (Å²) in [6, 6.07) is 13.8. The molecule has 1 amide bonds. The van der Waals surface area contributed by atoms with Gasteiger partial charge in [-0.1, -0.05) is 65.7 Å². The predicted molar refractivity (Wildman–Crippen MR) is 90.7 cm³/mol. The molecule has 122 valence electrons. The second-order valence-corrected chi connectivity index (χ2v) is 5.78. The van der Waals surface area contributed by atoms with Crippen molar-refractivity contribution < 1.29 is 14.6 Å². The smallest absolute Gasteiger partial charge is 0.410 e. The molecule has 0 aliphatic carbocycles. The van der Waals surface area contributed by atoms with Gasteiger partial charge in [0.15, 0.2) is 0 Å². The van der Waals surface area contributed by atoms with Gasteiger partial charge in [0.2, 0.25) is 0 Å². The lowest BCUT2D eigenvalue weighted by atomic mass is 10.1. The van der Waals surface area contributed by atoms with Gasteiger partial charge < -0.3 is 14.7 Å². The van der Waals surface area contributed by atoms with E-state index in [2.05, 4.69) is 0 Å². The molecule has 23 heavy (non-hydrogen) atoms. The van der Waals surface area contributed by atoms with Crippen molar-refractivity contribution in [3.8, 4) is 0 Å². The summed E-state index contributed by atoms with van der Waals surface area (Å²) in [5, 5.41) is 10.3. The summed E-state index contributed by atoms with van der Waals surface area (Å²) < 4.78 is 5.26. The molecule has 6 heteroatoms. The molecule has 4 nitrogen and oxygen atoms in total. The number of carbonyl (C=O) groups is 1. The second-order valence-electron chi connectivity index (χ2n) is 4.99. The van der Waals surface area contributed by atoms with Crippen LogP contribution >= 0.6 is 23.2 Å². The van der Waals surface area contributed by atoms with Crippen LogP contribution in [0.3, 0.4) is 0 Å². The first kappa shape index (κ1) is 17.6. The predicted octanol–water partition coefficient (Wildman–Crippen LogP) is 4.30. The van der Waals surface area contributed by atoms with Gasteiger partial charge in [-0.2, -0.15) is 0 Å². The maximum atomic E-state index is 12.2. The zero-order valence-electron chi connectivity index (χ0n) is 12.6. The van der Waals surface area contributed by atoms with Crippen LogP contribution in [-0.4, -0.2) is 29.8 Å². The van der Waals surface area contributed by atoms with Crippen LogP contribution < -0.4 is 0 Å². The molecule has 0 heterocycles. The summed E-state index contributed by atoms with van der Waals surface area (Å²) in [6.45, 7) is -0.136. The Labute approximate surface area is 145 Å². The third kappa shape index (κ3) is 4.38. The standard InChI is InChI=1S/C17H17Cl2NO3/c1-20(17(22)23-11-12-6-3-2-4-7-12)15(10-21)13-8-5-9-14(18)16(13)19/h2-9,15,21H,10-11H2,1H3. The topological polar surface area (TPSA) is 49.8 Å². The van der Waals surface area contributed by atoms with Crippen molar-refractivity contribution >= 4 is 29.3 Å². The number of nitrogens with zero attached hydrogens (tertiary/aromatic N) is 1. The first-order chi connectivity index (χ1) is 11.0. The van der Waals surface area contributed by atoms with Crippen molar-refractivity contribution in [2.45, 2.75) is 12.6 Å². The van der Waals surface area contributed by atoms with E-state index in [9.17, 15) is 9.90 Å². The normalized spacial score (nSPS) is 11.8. The van der Waals surface area contributed by atoms with E-state index in [1.54, 1.807) is 25.2 Å². The van der Waals surface area contributed by atoms with Gasteiger partial charge in [0.05, 0.1) is 22.7 Å². The van der Waals surface area contributed by atoms with Crippen molar-refractivity contribution in [2.24, 2.45) is 0 Å². The van der Waals surface area contributed by atoms with Crippen LogP contribution in [0, 0.1) is 0 Å². The van der Waals surface area contributed by atoms with E-state index < -0.39 is 12.1 Å². The van der Waals surface area contributed by atoms with Crippen LogP contribution in [0.1, 0.15) is 17.2 Å². The number of amides is 1. The average molecular weight is 354 g/mol. The molecule has 0 fully saturated rings. The Morgan fingerprint density at radius 2 is 1.87 bits per heavy atom. The number of likely N-dealkylation sites (N-methyl/N-ethyl adjacent to an activating group) is 1. The number of ether oxygens (including phenoxy) is 1. The summed E-state index contributed by atoms with van der Waals surface area (Å²) in [7, 11) is 1.55. The van der Waals surface area contributed by atoms with Crippen LogP contribution in [-0.2, 0) is 11.3 Å². The lowest BCUT2D eigenvalue weighted by Gasteiger charge is -2.27. The SMILES string of the molecule is CN(C(=O)OCc1ccccc1)C(CO)c1cccc(Cl)c1Cl. The molecule has 0 aliphatic heterocycles. The molecule has 2 rings (SSSR count). The van der Waals surface area contributed by atoms with Crippen molar-refractivity contribution in [1.29, 1.82) is 0 Å². The molecule has 0 saturated heterocycles. The van der Waals surface area contributed by atoms with Gasteiger partial charge in [0.1, 0.15) is 6.61 Å². The fourth-order valence-electron chi connectivity index (χ4n) is 2.16. The molecular formula is C17H17Cl2NO3. The van der Waals surface area contributed by atoms with Crippen LogP contribution in [0.5, 0.6) is 0 Å². The molecule has 1 N–H and O–H groups in total. The van der Waals surface area contributed by atoms with E-state index >= 15 is 0 Å². The molecule has 0 radical (unpaired) electrons. The van der Waals surface area contributed by atoms with E-state index in [4.69, 9.17) is 27.9 Å². The van der Waals surface area contributed by atoms with Crippen LogP contribution in [0.15, 0.2) is 48.5 Å². The third-order valence-electron chi connectivity index (χ3n) is 3.47. The lowest BCUT2D eigenvalue weighted by molar-refractivity contribution is 0.0759. The molecule has 1 unspecified atom stereocenters. The second kappa shape index (κ2) is 8.20. The van der Waals surface area contributed by atoms with Crippen LogP contribution in [0.4, 0.5) is 4.79 Å². The van der Waals surface area contributed by atoms with E-state index in [1.807, 2.05) is 30.3 Å². The van der Waals surface area contributed by atoms with E-state index in [-0.39, 0.29) is 13.2 Å². The van der Waals surface area contributed by atoms with E-state index in [0.717, 1.165) is 5.56 Å². The molecule has 0 aliphatic rings. The van der Waals surface area contributed by atoms with Gasteiger partial charge >= 0.3 is 6.09 Å². The third-order valence-corrected chi connectivity index (χ3v) is 4.31. The van der Waals surface area contributed by atoms with Gasteiger partial charge in [0, 0.05) is 7.05 Å². The highest BCUT2D eigenvalue weighted by Crippen LogP contribution is 2.32. The molecule has 0 aromatic heterocycles. The summed E-state index contributed by atoms with van der Waals surface area (Å²) >= 11 is 12.2. The maximum Gasteiger partial charge on any atom is 0.410 e. The Kier molecular flexibility index (Phi) is 6.28. The minimum Gasteiger partial charge on any atom is -0.445 e. The number of aliphatic hydroxyl groups is 1. The maximum absolute atomic E-state index is 12.2. The number of halogens is 2. The highest BCUT2D eigenvalue weighted by Gasteiger charge is 2.25. The van der Waals surface area contributed by atoms with Crippen molar-refractivity contribution in [3.05, 3.63) is 69.7 Å². The highest BCUT2D eigenvalue weighted by molar-refractivity contribution is 6.42. The lowest BCUT2D eigenvalue weighted by Crippen LogP contribution is -2.33. The fourth-order valence-corrected chi connectivity index (χ4v) is 2.59. The van der Waals surface area contributed by atoms with Crippen molar-refractivity contribution in [2.75, 3.05) is 13.7 Å². The molecule has 2 aromatic rings. The quantitative estimate of drug-likeness (QED) is 0.871. The average Bonchev–Trinajstić information content (AvgIpc) is 2.58. The Bertz CT molecular complexity index is 664. The Hall–Kier alpha value is -1.75. The van der Waals surface area contributed by atoms with Crippen LogP contribution in [0.2, 0.25) is 10.0 Å². The van der Waals surface area contributed by atoms with Crippen molar-refractivity contribution in [1.82, 2.24) is 4.90 Å². The number of hydrogen-bond donors (Lipinski definition) is 1. The minimum absolute atomic E-state index is 0.158. The summed E-state index contributed by atoms with van der Waals surface area (Å²) in [5.41, 5.74) is 1.46. The Morgan fingerprint density at radius 3 is 2.52 bits per heavy atom. The Morgan fingerprint density at radius 1 is 1.17 bits per heavy atom. The molecule has 0 saturated carbocycles. The Balaban J connectivity index is 2.08. The van der Waals surface area contributed by atoms with Gasteiger partial charge in [-0.15, -0.1) is 0 Å². The number of hydrogen-bond acceptors (Lipinski definition) is 3. The van der Waals surface area contributed by atoms with Crippen molar-refractivity contribution in [3.63, 3.8) is 0 Å². The monoisotopic (exact) mass is 353 g/mol. The molecule has 1 atom stereocenters. The summed E-state index contributed by atoms with van der Waals surface area (Å²) in [4.78, 5) is 13.5. The van der Waals surface area contributed by atoms with Gasteiger partial charge in [-0.25, -0.2) is 4.79 Å². The number of aliphatic hydroxyl groups excluding tert-OH is 1. The number of rotatable bonds is 5. The summed E-state index contributed by atoms with van der Waals surface area (Å²) in [6.07, 6.45) is -0.552. The highest BCUT2D eigenvalue weighted by atomic mass is 35.5. The molecule has 2 aromatic carbocycles. The molecule has 0 bridgehead atoms. The fraction of sp³-hybridized carbons (Fsp3) is 0.235. The first-order valence-corrected chi connectivity index (χ1v) is 7.78. The van der Waals surface area contributed by atoms with Gasteiger partial charge in [0.25, 0.3) is 0 Å². The zero-order valence-corrected chi connectivity index (χ0v) is 14.1. The van der Waals surface area contributed by atoms with Gasteiger partial charge in [-0.05, 0) is 17.2 Å². The summed E-state index contributed by atoms with van der Waals surface area (Å²) in [5.74, 6) is 0. The van der Waals surface area contributed by atoms with E-state index in [1.165, 1.54) is 4.90 Å². The zero-order chi connectivity index (χ0) is 16.8. The minimum atomic E-state index is -0.635. The number of carbonyl (C=O) groups excluding carboxylic acids is 1. The molecular weight excluding hydrogens is 337 g/mol. The van der Waals surface area contributed by atoms with Gasteiger partial charge in [-0.3, -0.25) is 0 Å².